The van der Waals surface area contributed by atoms with E-state index in [1.165, 1.54) is 6.42 Å². The van der Waals surface area contributed by atoms with Gasteiger partial charge in [-0.25, -0.2) is 0 Å². The number of carbonyl (C=O) groups is 2. The number of allylic oxidation sites excluding steroid dienone is 2. The average molecular weight is 761 g/mol. The predicted octanol–water partition coefficient (Wildman–Crippen LogP) is 3.62. The fourth-order valence-electron chi connectivity index (χ4n) is 8.91. The Morgan fingerprint density at radius 1 is 1.20 bits per heavy atom. The number of fused-ring (bicyclic) bond motifs is 2. The van der Waals surface area contributed by atoms with Gasteiger partial charge in [0.25, 0.3) is 5.91 Å². The fourth-order valence-corrected chi connectivity index (χ4v) is 9.61. The Hall–Kier alpha value is -2.48. The Balaban J connectivity index is 1.43. The number of hydrogen-bond acceptors (Lipinski definition) is 9. The lowest BCUT2D eigenvalue weighted by Gasteiger charge is -2.62. The number of methoxy groups -OCH3 is 1. The van der Waals surface area contributed by atoms with Crippen molar-refractivity contribution in [2.45, 2.75) is 83.7 Å². The number of aliphatic hydroxyl groups is 2. The van der Waals surface area contributed by atoms with Crippen LogP contribution in [-0.2, 0) is 21.0 Å². The zero-order chi connectivity index (χ0) is 36.7. The first kappa shape index (κ1) is 38.7. The first-order valence-electron chi connectivity index (χ1n) is 18.0. The van der Waals surface area contributed by atoms with Crippen LogP contribution in [0.5, 0.6) is 5.75 Å². The maximum Gasteiger partial charge on any atom is 0.252 e. The Bertz CT molecular complexity index is 1480. The second kappa shape index (κ2) is 15.6. The van der Waals surface area contributed by atoms with Crippen LogP contribution in [-0.4, -0.2) is 116 Å². The number of nitrogens with one attached hydrogen (secondary N) is 2. The molecule has 11 nitrogen and oxygen atoms in total. The van der Waals surface area contributed by atoms with Crippen LogP contribution >= 0.6 is 15.9 Å². The minimum absolute atomic E-state index is 0.0467. The van der Waals surface area contributed by atoms with Crippen LogP contribution < -0.4 is 15.4 Å². The normalized spacial score (nSPS) is 31.2. The van der Waals surface area contributed by atoms with E-state index >= 15 is 0 Å². The minimum Gasteiger partial charge on any atom is -0.496 e. The highest BCUT2D eigenvalue weighted by Crippen LogP contribution is 2.61. The highest BCUT2D eigenvalue weighted by Gasteiger charge is 2.57. The molecular formula is C38H58BrN5O6. The molecule has 4 aliphatic carbocycles. The molecule has 3 saturated carbocycles. The number of benzene rings is 1. The molecule has 0 radical (unpaired) electrons. The number of hydroxylamine groups is 2. The van der Waals surface area contributed by atoms with Gasteiger partial charge < -0.3 is 35.4 Å². The molecule has 4 fully saturated rings. The summed E-state index contributed by atoms with van der Waals surface area (Å²) in [5.74, 6) is 0.937. The predicted molar refractivity (Wildman–Crippen MR) is 197 cm³/mol. The van der Waals surface area contributed by atoms with Crippen LogP contribution in [0.1, 0.15) is 64.0 Å². The molecule has 5 aliphatic rings. The summed E-state index contributed by atoms with van der Waals surface area (Å²) < 4.78 is 6.87. The van der Waals surface area contributed by atoms with Gasteiger partial charge >= 0.3 is 0 Å². The number of carbonyl (C=O) groups excluding carboxylic acids is 2. The largest absolute Gasteiger partial charge is 0.496 e. The van der Waals surface area contributed by atoms with Gasteiger partial charge in [-0.2, -0.15) is 5.06 Å². The van der Waals surface area contributed by atoms with Crippen LogP contribution in [0.3, 0.4) is 0 Å². The van der Waals surface area contributed by atoms with Gasteiger partial charge in [0.1, 0.15) is 17.9 Å². The zero-order valence-electron chi connectivity index (χ0n) is 31.2. The number of nitrogens with zero attached hydrogens (tertiary/aromatic N) is 3. The summed E-state index contributed by atoms with van der Waals surface area (Å²) >= 11 is 3.81. The van der Waals surface area contributed by atoms with Gasteiger partial charge in [-0.1, -0.05) is 54.9 Å². The number of rotatable bonds is 13. The molecular weight excluding hydrogens is 702 g/mol. The van der Waals surface area contributed by atoms with Crippen molar-refractivity contribution in [3.8, 4) is 5.75 Å². The van der Waals surface area contributed by atoms with Crippen molar-refractivity contribution in [2.75, 3.05) is 55.0 Å². The summed E-state index contributed by atoms with van der Waals surface area (Å²) in [6.45, 7) is 9.68. The van der Waals surface area contributed by atoms with Gasteiger partial charge in [0.15, 0.2) is 0 Å². The molecule has 1 aliphatic heterocycles. The summed E-state index contributed by atoms with van der Waals surface area (Å²) in [6.07, 6.45) is 3.09. The van der Waals surface area contributed by atoms with Crippen LogP contribution in [0.4, 0.5) is 0 Å². The molecule has 50 heavy (non-hydrogen) atoms. The summed E-state index contributed by atoms with van der Waals surface area (Å²) in [6, 6.07) is 5.14. The Morgan fingerprint density at radius 2 is 1.92 bits per heavy atom. The molecule has 1 heterocycles. The van der Waals surface area contributed by atoms with Crippen LogP contribution in [0.2, 0.25) is 0 Å². The molecule has 278 valence electrons. The van der Waals surface area contributed by atoms with Gasteiger partial charge in [-0.3, -0.25) is 14.4 Å². The number of para-hydroxylation sites is 1. The van der Waals surface area contributed by atoms with Crippen LogP contribution in [0.25, 0.3) is 0 Å². The molecule has 1 aromatic rings. The smallest absolute Gasteiger partial charge is 0.252 e. The molecule has 12 heteroatoms. The third-order valence-corrected chi connectivity index (χ3v) is 13.0. The van der Waals surface area contributed by atoms with Crippen molar-refractivity contribution < 1.29 is 29.4 Å². The number of hydrogen-bond donors (Lipinski definition) is 4. The maximum absolute atomic E-state index is 14.2. The third-order valence-electron chi connectivity index (χ3n) is 12.0. The molecule has 2 amide bonds. The van der Waals surface area contributed by atoms with Crippen molar-refractivity contribution in [2.24, 2.45) is 29.1 Å². The maximum atomic E-state index is 14.2. The Kier molecular flexibility index (Phi) is 12.1. The second-order valence-electron chi connectivity index (χ2n) is 15.9. The van der Waals surface area contributed by atoms with Crippen molar-refractivity contribution in [3.63, 3.8) is 0 Å². The molecule has 1 aromatic carbocycles. The SMILES string of the molecule is COc1c(CN2O[C@@H](CO)[C@@H]([C@H](C)O)[C@H]2C(=O)N[C@H]2C[C@H]3C[C@@H]([C@@H]2C)C3(C)C)cccc1C1CC(N(C)C)=CC(C(=O)NCCN(C)C)=C1Br. The molecule has 2 bridgehead atoms. The summed E-state index contributed by atoms with van der Waals surface area (Å²) in [5, 5.41) is 29.3. The fraction of sp³-hybridized carbons (Fsp3) is 0.684. The van der Waals surface area contributed by atoms with E-state index in [4.69, 9.17) is 9.57 Å². The van der Waals surface area contributed by atoms with E-state index in [0.29, 0.717) is 42.0 Å². The van der Waals surface area contributed by atoms with Gasteiger partial charge in [0.05, 0.1) is 31.9 Å². The number of ether oxygens (including phenoxy) is 1. The van der Waals surface area contributed by atoms with Gasteiger partial charge in [0, 0.05) is 66.4 Å². The molecule has 1 unspecified atom stereocenters. The van der Waals surface area contributed by atoms with E-state index in [0.717, 1.165) is 34.3 Å². The Morgan fingerprint density at radius 3 is 2.50 bits per heavy atom. The first-order valence-corrected chi connectivity index (χ1v) is 18.8. The quantitative estimate of drug-likeness (QED) is 0.239. The van der Waals surface area contributed by atoms with E-state index < -0.39 is 24.2 Å². The lowest BCUT2D eigenvalue weighted by atomic mass is 9.45. The molecule has 4 N–H and O–H groups in total. The first-order chi connectivity index (χ1) is 23.6. The number of likely N-dealkylation sites (N-methyl/N-ethyl adjacent to an activating group) is 1. The molecule has 1 saturated heterocycles. The number of halogens is 1. The highest BCUT2D eigenvalue weighted by atomic mass is 79.9. The molecule has 9 atom stereocenters. The molecule has 0 spiro atoms. The van der Waals surface area contributed by atoms with Crippen molar-refractivity contribution >= 4 is 27.7 Å². The summed E-state index contributed by atoms with van der Waals surface area (Å²) in [7, 11) is 9.51. The average Bonchev–Trinajstić information content (AvgIpc) is 3.43. The van der Waals surface area contributed by atoms with Crippen molar-refractivity contribution in [1.82, 2.24) is 25.5 Å². The highest BCUT2D eigenvalue weighted by molar-refractivity contribution is 9.11. The van der Waals surface area contributed by atoms with Crippen LogP contribution in [0.15, 0.2) is 40.0 Å². The van der Waals surface area contributed by atoms with Crippen molar-refractivity contribution in [3.05, 3.63) is 51.2 Å². The molecule has 6 rings (SSSR count). The lowest BCUT2D eigenvalue weighted by Crippen LogP contribution is -2.62. The van der Waals surface area contributed by atoms with Gasteiger partial charge in [-0.15, -0.1) is 0 Å². The number of amides is 2. The zero-order valence-corrected chi connectivity index (χ0v) is 32.8. The van der Waals surface area contributed by atoms with E-state index in [9.17, 15) is 19.8 Å². The summed E-state index contributed by atoms with van der Waals surface area (Å²) in [4.78, 5) is 38.0. The van der Waals surface area contributed by atoms with E-state index in [1.54, 1.807) is 19.1 Å². The standard InChI is InChI=1S/C38H58BrN5O6/c1-21-29-15-24(38(29,3)4)16-30(21)41-37(48)34-32(22(2)46)31(20-45)50-44(34)19-23-11-10-12-26(35(23)49-9)27-17-25(43(7)8)18-28(33(27)39)36(47)40-13-14-42(5)6/h10-12,18,21-22,24,27,29-32,34,45-46H,13-17,19-20H2,1-9H3,(H,40,47)(H,41,48)/t21-,22-,24+,27?,29-,30-,31-,32+,34-/m0/s1. The second-order valence-corrected chi connectivity index (χ2v) is 16.7. The van der Waals surface area contributed by atoms with E-state index in [1.807, 2.05) is 62.3 Å². The van der Waals surface area contributed by atoms with Gasteiger partial charge in [0.2, 0.25) is 5.91 Å². The molecule has 0 aromatic heterocycles. The monoisotopic (exact) mass is 759 g/mol. The summed E-state index contributed by atoms with van der Waals surface area (Å²) in [5.41, 5.74) is 3.55. The lowest BCUT2D eigenvalue weighted by molar-refractivity contribution is -0.183. The van der Waals surface area contributed by atoms with Gasteiger partial charge in [-0.05, 0) is 69.5 Å². The van der Waals surface area contributed by atoms with E-state index in [-0.39, 0.29) is 42.3 Å². The minimum atomic E-state index is -0.890. The van der Waals surface area contributed by atoms with Crippen molar-refractivity contribution in [1.29, 1.82) is 0 Å². The Labute approximate surface area is 306 Å². The van der Waals surface area contributed by atoms with Crippen LogP contribution in [0, 0.1) is 29.1 Å². The van der Waals surface area contributed by atoms with E-state index in [2.05, 4.69) is 47.3 Å². The number of aliphatic hydroxyl groups excluding tert-OH is 2. The third kappa shape index (κ3) is 7.52. The topological polar surface area (TPSA) is 127 Å².